The second kappa shape index (κ2) is 5.37. The summed E-state index contributed by atoms with van der Waals surface area (Å²) in [7, 11) is -4.04. The molecule has 2 rings (SSSR count). The summed E-state index contributed by atoms with van der Waals surface area (Å²) in [5, 5.41) is 25.6. The largest absolute Gasteiger partial charge is 0.507 e. The molecule has 0 bridgehead atoms. The fraction of sp³-hybridized carbons (Fsp3) is 0.0833. The maximum atomic E-state index is 12.3. The van der Waals surface area contributed by atoms with E-state index in [1.165, 1.54) is 25.3 Å². The highest BCUT2D eigenvalue weighted by molar-refractivity contribution is 7.92. The van der Waals surface area contributed by atoms with Gasteiger partial charge in [-0.25, -0.2) is 13.2 Å². The first-order chi connectivity index (χ1) is 9.81. The lowest BCUT2D eigenvalue weighted by Crippen LogP contribution is -2.16. The van der Waals surface area contributed by atoms with Crippen LogP contribution in [0.5, 0.6) is 5.75 Å². The average Bonchev–Trinajstić information content (AvgIpc) is 2.38. The van der Waals surface area contributed by atoms with Crippen LogP contribution >= 0.6 is 0 Å². The Morgan fingerprint density at radius 3 is 2.62 bits per heavy atom. The summed E-state index contributed by atoms with van der Waals surface area (Å²) in [4.78, 5) is 10.7. The van der Waals surface area contributed by atoms with E-state index in [4.69, 9.17) is 5.11 Å². The number of benzene rings is 1. The molecular weight excluding hydrogens is 298 g/mol. The highest BCUT2D eigenvalue weighted by Crippen LogP contribution is 2.26. The zero-order chi connectivity index (χ0) is 15.6. The lowest BCUT2D eigenvalue weighted by molar-refractivity contribution is 0.0693. The first-order valence-electron chi connectivity index (χ1n) is 5.68. The molecule has 110 valence electrons. The Balaban J connectivity index is 2.50. The van der Waals surface area contributed by atoms with Gasteiger partial charge < -0.3 is 10.2 Å². The Hall–Kier alpha value is -2.68. The molecule has 0 aliphatic heterocycles. The van der Waals surface area contributed by atoms with Crippen LogP contribution in [0, 0.1) is 6.92 Å². The molecule has 0 spiro atoms. The molecule has 0 aliphatic carbocycles. The Labute approximate surface area is 120 Å². The lowest BCUT2D eigenvalue weighted by Gasteiger charge is -2.11. The maximum absolute atomic E-state index is 12.3. The number of nitrogens with one attached hydrogen (secondary N) is 1. The molecule has 0 unspecified atom stereocenters. The Bertz CT molecular complexity index is 790. The van der Waals surface area contributed by atoms with E-state index in [2.05, 4.69) is 14.9 Å². The summed E-state index contributed by atoms with van der Waals surface area (Å²) in [6.07, 6.45) is 1.38. The molecular formula is C12H11N3O5S. The van der Waals surface area contributed by atoms with Gasteiger partial charge in [-0.05, 0) is 36.8 Å². The van der Waals surface area contributed by atoms with Gasteiger partial charge in [-0.2, -0.15) is 5.10 Å². The van der Waals surface area contributed by atoms with E-state index >= 15 is 0 Å². The molecule has 1 aromatic carbocycles. The number of nitrogens with zero attached hydrogens (tertiary/aromatic N) is 2. The van der Waals surface area contributed by atoms with Crippen LogP contribution in [0.2, 0.25) is 0 Å². The third-order valence-corrected chi connectivity index (χ3v) is 4.12. The van der Waals surface area contributed by atoms with E-state index in [9.17, 15) is 18.3 Å². The zero-order valence-corrected chi connectivity index (χ0v) is 11.6. The minimum atomic E-state index is -4.04. The normalized spacial score (nSPS) is 11.1. The zero-order valence-electron chi connectivity index (χ0n) is 10.8. The average molecular weight is 309 g/mol. The summed E-state index contributed by atoms with van der Waals surface area (Å²) >= 11 is 0. The van der Waals surface area contributed by atoms with Gasteiger partial charge in [0.15, 0.2) is 5.82 Å². The predicted octanol–water partition coefficient (Wildman–Crippen LogP) is 0.990. The van der Waals surface area contributed by atoms with Crippen LogP contribution < -0.4 is 4.72 Å². The van der Waals surface area contributed by atoms with Crippen LogP contribution in [0.1, 0.15) is 15.9 Å². The number of phenols is 1. The van der Waals surface area contributed by atoms with E-state index in [1.807, 2.05) is 0 Å². The predicted molar refractivity (Wildman–Crippen MR) is 72.6 cm³/mol. The van der Waals surface area contributed by atoms with E-state index in [-0.39, 0.29) is 16.3 Å². The molecule has 0 fully saturated rings. The van der Waals surface area contributed by atoms with Gasteiger partial charge >= 0.3 is 5.97 Å². The smallest absolute Gasteiger partial charge is 0.339 e. The van der Waals surface area contributed by atoms with Crippen molar-refractivity contribution < 1.29 is 23.4 Å². The van der Waals surface area contributed by atoms with Gasteiger partial charge in [-0.15, -0.1) is 5.10 Å². The van der Waals surface area contributed by atoms with Crippen LogP contribution in [-0.4, -0.2) is 34.8 Å². The van der Waals surface area contributed by atoms with E-state index in [0.717, 1.165) is 12.1 Å². The highest BCUT2D eigenvalue weighted by Gasteiger charge is 2.22. The highest BCUT2D eigenvalue weighted by atomic mass is 32.2. The summed E-state index contributed by atoms with van der Waals surface area (Å²) in [6, 6.07) is 4.87. The van der Waals surface area contributed by atoms with Crippen molar-refractivity contribution in [3.8, 4) is 5.75 Å². The number of carbonyl (C=O) groups is 1. The summed E-state index contributed by atoms with van der Waals surface area (Å²) < 4.78 is 26.7. The summed E-state index contributed by atoms with van der Waals surface area (Å²) in [6.45, 7) is 1.44. The number of aromatic carboxylic acids is 1. The fourth-order valence-corrected chi connectivity index (χ4v) is 2.93. The first kappa shape index (κ1) is 14.7. The molecule has 8 nitrogen and oxygen atoms in total. The van der Waals surface area contributed by atoms with Crippen LogP contribution in [0.25, 0.3) is 0 Å². The minimum absolute atomic E-state index is 0.00171. The number of hydrogen-bond acceptors (Lipinski definition) is 6. The molecule has 0 radical (unpaired) electrons. The number of hydrogen-bond donors (Lipinski definition) is 3. The minimum Gasteiger partial charge on any atom is -0.507 e. The Morgan fingerprint density at radius 1 is 1.33 bits per heavy atom. The van der Waals surface area contributed by atoms with Crippen molar-refractivity contribution in [3.63, 3.8) is 0 Å². The van der Waals surface area contributed by atoms with Gasteiger partial charge in [-0.1, -0.05) is 0 Å². The second-order valence-corrected chi connectivity index (χ2v) is 5.81. The second-order valence-electron chi connectivity index (χ2n) is 4.15. The van der Waals surface area contributed by atoms with Gasteiger partial charge in [-0.3, -0.25) is 4.72 Å². The third kappa shape index (κ3) is 3.08. The summed E-state index contributed by atoms with van der Waals surface area (Å²) in [5.74, 6) is -1.93. The molecule has 2 aromatic rings. The Morgan fingerprint density at radius 2 is 2.05 bits per heavy atom. The van der Waals surface area contributed by atoms with Crippen LogP contribution in [-0.2, 0) is 10.0 Å². The Kier molecular flexibility index (Phi) is 3.76. The van der Waals surface area contributed by atoms with E-state index in [1.54, 1.807) is 0 Å². The number of aryl methyl sites for hydroxylation is 1. The molecule has 21 heavy (non-hydrogen) atoms. The van der Waals surface area contributed by atoms with Gasteiger partial charge in [0.25, 0.3) is 10.0 Å². The molecule has 0 saturated heterocycles. The number of aromatic hydroxyl groups is 1. The van der Waals surface area contributed by atoms with Crippen molar-refractivity contribution in [2.75, 3.05) is 4.72 Å². The van der Waals surface area contributed by atoms with Gasteiger partial charge in [0.1, 0.15) is 11.3 Å². The fourth-order valence-electron chi connectivity index (χ4n) is 1.68. The quantitative estimate of drug-likeness (QED) is 0.767. The standard InChI is InChI=1S/C12H11N3O5S/c1-7-5-9(16)8(12(17)18)6-10(7)21(19,20)15-11-3-2-4-13-14-11/h2-6,16H,1H3,(H,14,15)(H,17,18). The molecule has 1 heterocycles. The molecule has 0 amide bonds. The number of carboxylic acids is 1. The number of sulfonamides is 1. The molecule has 3 N–H and O–H groups in total. The monoisotopic (exact) mass is 309 g/mol. The van der Waals surface area contributed by atoms with Crippen molar-refractivity contribution in [2.45, 2.75) is 11.8 Å². The van der Waals surface area contributed by atoms with E-state index in [0.29, 0.717) is 0 Å². The summed E-state index contributed by atoms with van der Waals surface area (Å²) in [5.41, 5.74) is -0.297. The molecule has 1 aromatic heterocycles. The van der Waals surface area contributed by atoms with Crippen LogP contribution in [0.3, 0.4) is 0 Å². The number of anilines is 1. The van der Waals surface area contributed by atoms with Gasteiger partial charge in [0.2, 0.25) is 0 Å². The molecule has 9 heteroatoms. The third-order valence-electron chi connectivity index (χ3n) is 2.62. The van der Waals surface area contributed by atoms with Crippen molar-refractivity contribution in [3.05, 3.63) is 41.6 Å². The SMILES string of the molecule is Cc1cc(O)c(C(=O)O)cc1S(=O)(=O)Nc1cccnn1. The topological polar surface area (TPSA) is 129 Å². The molecule has 0 saturated carbocycles. The molecule has 0 aliphatic rings. The van der Waals surface area contributed by atoms with Crippen molar-refractivity contribution in [1.82, 2.24) is 10.2 Å². The van der Waals surface area contributed by atoms with Crippen molar-refractivity contribution in [2.24, 2.45) is 0 Å². The van der Waals surface area contributed by atoms with Gasteiger partial charge in [0.05, 0.1) is 4.90 Å². The van der Waals surface area contributed by atoms with Gasteiger partial charge in [0, 0.05) is 6.20 Å². The van der Waals surface area contributed by atoms with Crippen LogP contribution in [0.15, 0.2) is 35.4 Å². The van der Waals surface area contributed by atoms with E-state index < -0.39 is 27.3 Å². The maximum Gasteiger partial charge on any atom is 0.339 e. The lowest BCUT2D eigenvalue weighted by atomic mass is 10.1. The first-order valence-corrected chi connectivity index (χ1v) is 7.17. The number of aromatic nitrogens is 2. The van der Waals surface area contributed by atoms with Crippen LogP contribution in [0.4, 0.5) is 5.82 Å². The molecule has 0 atom stereocenters. The van der Waals surface area contributed by atoms with Crippen molar-refractivity contribution in [1.29, 1.82) is 0 Å². The number of rotatable bonds is 4. The number of carboxylic acid groups (broad SMARTS) is 1. The van der Waals surface area contributed by atoms with Crippen molar-refractivity contribution >= 4 is 21.8 Å².